The lowest BCUT2D eigenvalue weighted by Gasteiger charge is -2.32. The Morgan fingerprint density at radius 2 is 1.83 bits per heavy atom. The Kier molecular flexibility index (Phi) is 4.68. The van der Waals surface area contributed by atoms with Gasteiger partial charge in [-0.1, -0.05) is 11.8 Å². The van der Waals surface area contributed by atoms with Gasteiger partial charge in [0.25, 0.3) is 5.91 Å². The molecule has 1 aromatic heterocycles. The number of imidazole rings is 1. The van der Waals surface area contributed by atoms with Crippen LogP contribution < -0.4 is 0 Å². The highest BCUT2D eigenvalue weighted by Gasteiger charge is 2.25. The Morgan fingerprint density at radius 1 is 1.17 bits per heavy atom. The summed E-state index contributed by atoms with van der Waals surface area (Å²) in [5, 5.41) is 0.717. The van der Waals surface area contributed by atoms with Gasteiger partial charge in [0.05, 0.1) is 6.20 Å². The van der Waals surface area contributed by atoms with Crippen LogP contribution in [0.25, 0.3) is 5.69 Å². The molecule has 0 spiro atoms. The van der Waals surface area contributed by atoms with E-state index in [-0.39, 0.29) is 11.7 Å². The second kappa shape index (κ2) is 6.72. The summed E-state index contributed by atoms with van der Waals surface area (Å²) in [5.74, 6) is -0.332. The number of thioether (sulfide) groups is 1. The molecule has 0 aliphatic carbocycles. The Balaban J connectivity index is 1.95. The molecule has 7 heteroatoms. The van der Waals surface area contributed by atoms with Gasteiger partial charge in [0.15, 0.2) is 5.16 Å². The average Bonchev–Trinajstić information content (AvgIpc) is 2.99. The van der Waals surface area contributed by atoms with E-state index in [2.05, 4.69) is 16.9 Å². The van der Waals surface area contributed by atoms with Crippen LogP contribution in [0.5, 0.6) is 0 Å². The van der Waals surface area contributed by atoms with Crippen LogP contribution in [0, 0.1) is 5.82 Å². The van der Waals surface area contributed by atoms with Crippen molar-refractivity contribution in [3.05, 3.63) is 42.0 Å². The van der Waals surface area contributed by atoms with E-state index < -0.39 is 0 Å². The molecule has 1 aromatic carbocycles. The number of amides is 1. The molecule has 2 heterocycles. The minimum Gasteiger partial charge on any atom is -0.335 e. The molecule has 23 heavy (non-hydrogen) atoms. The first-order valence-electron chi connectivity index (χ1n) is 7.45. The molecular formula is C16H19FN4OS. The lowest BCUT2D eigenvalue weighted by molar-refractivity contribution is 0.0655. The number of likely N-dealkylation sites (N-methyl/N-ethyl adjacent to an activating group) is 1. The van der Waals surface area contributed by atoms with Crippen molar-refractivity contribution in [1.29, 1.82) is 0 Å². The predicted octanol–water partition coefficient (Wildman–Crippen LogP) is 2.12. The third-order valence-electron chi connectivity index (χ3n) is 4.01. The van der Waals surface area contributed by atoms with Gasteiger partial charge in [-0.15, -0.1) is 0 Å². The highest BCUT2D eigenvalue weighted by molar-refractivity contribution is 7.98. The maximum absolute atomic E-state index is 13.2. The molecule has 1 amide bonds. The molecule has 1 aliphatic rings. The van der Waals surface area contributed by atoms with Crippen molar-refractivity contribution < 1.29 is 9.18 Å². The van der Waals surface area contributed by atoms with Gasteiger partial charge in [-0.05, 0) is 37.6 Å². The zero-order valence-corrected chi connectivity index (χ0v) is 14.0. The molecule has 1 saturated heterocycles. The summed E-state index contributed by atoms with van der Waals surface area (Å²) in [6.07, 6.45) is 3.52. The number of hydrogen-bond acceptors (Lipinski definition) is 4. The molecule has 2 aromatic rings. The number of carbonyl (C=O) groups is 1. The zero-order valence-electron chi connectivity index (χ0n) is 13.2. The summed E-state index contributed by atoms with van der Waals surface area (Å²) in [7, 11) is 2.05. The van der Waals surface area contributed by atoms with Crippen LogP contribution >= 0.6 is 11.8 Å². The number of rotatable bonds is 3. The molecule has 1 aliphatic heterocycles. The maximum Gasteiger partial charge on any atom is 0.272 e. The number of piperazine rings is 1. The number of benzene rings is 1. The SMILES string of the molecule is CSc1ncc(C(=O)N2CCN(C)CC2)n1-c1ccc(F)cc1. The van der Waals surface area contributed by atoms with Crippen LogP contribution in [-0.4, -0.2) is 64.7 Å². The Labute approximate surface area is 139 Å². The van der Waals surface area contributed by atoms with Gasteiger partial charge < -0.3 is 9.80 Å². The van der Waals surface area contributed by atoms with Crippen LogP contribution in [0.4, 0.5) is 4.39 Å². The van der Waals surface area contributed by atoms with Crippen LogP contribution in [0.3, 0.4) is 0 Å². The molecule has 1 fully saturated rings. The van der Waals surface area contributed by atoms with Crippen LogP contribution in [-0.2, 0) is 0 Å². The monoisotopic (exact) mass is 334 g/mol. The van der Waals surface area contributed by atoms with Crippen LogP contribution in [0.15, 0.2) is 35.6 Å². The summed E-state index contributed by atoms with van der Waals surface area (Å²) in [4.78, 5) is 21.2. The minimum atomic E-state index is -0.300. The summed E-state index contributed by atoms with van der Waals surface area (Å²) in [6.45, 7) is 3.15. The van der Waals surface area contributed by atoms with E-state index in [0.717, 1.165) is 18.8 Å². The maximum atomic E-state index is 13.2. The number of aromatic nitrogens is 2. The van der Waals surface area contributed by atoms with Crippen molar-refractivity contribution >= 4 is 17.7 Å². The number of nitrogens with zero attached hydrogens (tertiary/aromatic N) is 4. The van der Waals surface area contributed by atoms with Gasteiger partial charge in [0.1, 0.15) is 11.5 Å². The molecule has 0 saturated carbocycles. The lowest BCUT2D eigenvalue weighted by atomic mass is 10.2. The van der Waals surface area contributed by atoms with Crippen molar-refractivity contribution in [1.82, 2.24) is 19.4 Å². The number of halogens is 1. The van der Waals surface area contributed by atoms with E-state index in [1.54, 1.807) is 22.9 Å². The fraction of sp³-hybridized carbons (Fsp3) is 0.375. The second-order valence-electron chi connectivity index (χ2n) is 5.54. The normalized spacial score (nSPS) is 15.9. The smallest absolute Gasteiger partial charge is 0.272 e. The van der Waals surface area contributed by atoms with Crippen molar-refractivity contribution in [2.45, 2.75) is 5.16 Å². The summed E-state index contributed by atoms with van der Waals surface area (Å²) >= 11 is 1.46. The van der Waals surface area contributed by atoms with Gasteiger partial charge >= 0.3 is 0 Å². The Hall–Kier alpha value is -1.86. The van der Waals surface area contributed by atoms with E-state index >= 15 is 0 Å². The van der Waals surface area contributed by atoms with Gasteiger partial charge in [-0.3, -0.25) is 9.36 Å². The van der Waals surface area contributed by atoms with Gasteiger partial charge in [0.2, 0.25) is 0 Å². The fourth-order valence-corrected chi connectivity index (χ4v) is 3.19. The molecule has 5 nitrogen and oxygen atoms in total. The number of hydrogen-bond donors (Lipinski definition) is 0. The highest BCUT2D eigenvalue weighted by Crippen LogP contribution is 2.23. The molecule has 0 unspecified atom stereocenters. The van der Waals surface area contributed by atoms with E-state index in [9.17, 15) is 9.18 Å². The standard InChI is InChI=1S/C16H19FN4OS/c1-19-7-9-20(10-8-19)15(22)14-11-18-16(23-2)21(14)13-5-3-12(17)4-6-13/h3-6,11H,7-10H2,1-2H3. The first kappa shape index (κ1) is 16.0. The molecule has 0 N–H and O–H groups in total. The fourth-order valence-electron chi connectivity index (χ4n) is 2.64. The van der Waals surface area contributed by atoms with Crippen molar-refractivity contribution in [2.24, 2.45) is 0 Å². The lowest BCUT2D eigenvalue weighted by Crippen LogP contribution is -2.47. The molecule has 3 rings (SSSR count). The molecule has 0 bridgehead atoms. The Bertz CT molecular complexity index is 693. The van der Waals surface area contributed by atoms with Gasteiger partial charge in [-0.25, -0.2) is 9.37 Å². The van der Waals surface area contributed by atoms with E-state index in [0.29, 0.717) is 23.9 Å². The van der Waals surface area contributed by atoms with Crippen LogP contribution in [0.1, 0.15) is 10.5 Å². The van der Waals surface area contributed by atoms with Gasteiger partial charge in [0, 0.05) is 31.9 Å². The first-order valence-corrected chi connectivity index (χ1v) is 8.68. The van der Waals surface area contributed by atoms with E-state index in [1.807, 2.05) is 11.2 Å². The summed E-state index contributed by atoms with van der Waals surface area (Å²) in [6, 6.07) is 6.11. The highest BCUT2D eigenvalue weighted by atomic mass is 32.2. The summed E-state index contributed by atoms with van der Waals surface area (Å²) in [5.41, 5.74) is 1.26. The zero-order chi connectivity index (χ0) is 16.4. The van der Waals surface area contributed by atoms with Crippen molar-refractivity contribution in [2.75, 3.05) is 39.5 Å². The largest absolute Gasteiger partial charge is 0.335 e. The molecule has 0 atom stereocenters. The molecule has 122 valence electrons. The quantitative estimate of drug-likeness (QED) is 0.807. The third-order valence-corrected chi connectivity index (χ3v) is 4.66. The summed E-state index contributed by atoms with van der Waals surface area (Å²) < 4.78 is 15.0. The van der Waals surface area contributed by atoms with Crippen LogP contribution in [0.2, 0.25) is 0 Å². The minimum absolute atomic E-state index is 0.0322. The topological polar surface area (TPSA) is 41.4 Å². The third kappa shape index (κ3) is 3.25. The Morgan fingerprint density at radius 3 is 2.43 bits per heavy atom. The second-order valence-corrected chi connectivity index (χ2v) is 6.31. The molecule has 0 radical (unpaired) electrons. The van der Waals surface area contributed by atoms with Gasteiger partial charge in [-0.2, -0.15) is 0 Å². The number of carbonyl (C=O) groups excluding carboxylic acids is 1. The van der Waals surface area contributed by atoms with Crippen molar-refractivity contribution in [3.63, 3.8) is 0 Å². The average molecular weight is 334 g/mol. The van der Waals surface area contributed by atoms with E-state index in [1.165, 1.54) is 23.9 Å². The molecular weight excluding hydrogens is 315 g/mol. The predicted molar refractivity (Wildman–Crippen MR) is 88.7 cm³/mol. The first-order chi connectivity index (χ1) is 11.1. The van der Waals surface area contributed by atoms with Crippen molar-refractivity contribution in [3.8, 4) is 5.69 Å². The van der Waals surface area contributed by atoms with E-state index in [4.69, 9.17) is 0 Å².